The summed E-state index contributed by atoms with van der Waals surface area (Å²) in [5, 5.41) is 0. The van der Waals surface area contributed by atoms with Gasteiger partial charge in [-0.1, -0.05) is 26.0 Å². The first kappa shape index (κ1) is 12.7. The summed E-state index contributed by atoms with van der Waals surface area (Å²) in [5.74, 6) is 1.06. The van der Waals surface area contributed by atoms with Crippen molar-refractivity contribution >= 4 is 16.7 Å². The molecule has 0 aliphatic rings. The van der Waals surface area contributed by atoms with E-state index < -0.39 is 0 Å². The molecule has 0 fully saturated rings. The van der Waals surface area contributed by atoms with E-state index in [9.17, 15) is 0 Å². The highest BCUT2D eigenvalue weighted by molar-refractivity contribution is 5.81. The SMILES string of the molecule is CCc1ccc(-n2c(CC)nc3cc(N)ccc32)cc1. The largest absolute Gasteiger partial charge is 0.399 e. The zero-order chi connectivity index (χ0) is 14.1. The molecule has 3 heteroatoms. The van der Waals surface area contributed by atoms with Crippen molar-refractivity contribution in [2.75, 3.05) is 5.73 Å². The predicted molar refractivity (Wildman–Crippen MR) is 84.2 cm³/mol. The van der Waals surface area contributed by atoms with Gasteiger partial charge in [0.1, 0.15) is 5.82 Å². The summed E-state index contributed by atoms with van der Waals surface area (Å²) < 4.78 is 2.22. The number of hydrogen-bond acceptors (Lipinski definition) is 2. The molecule has 0 unspecified atom stereocenters. The third-order valence-electron chi connectivity index (χ3n) is 3.67. The minimum atomic E-state index is 0.756. The predicted octanol–water partition coefficient (Wildman–Crippen LogP) is 3.73. The van der Waals surface area contributed by atoms with Gasteiger partial charge in [0.15, 0.2) is 0 Å². The van der Waals surface area contributed by atoms with Crippen LogP contribution in [0.25, 0.3) is 16.7 Å². The number of nitrogens with two attached hydrogens (primary N) is 1. The molecule has 1 aromatic heterocycles. The maximum absolute atomic E-state index is 5.85. The summed E-state index contributed by atoms with van der Waals surface area (Å²) in [6.45, 7) is 4.29. The molecule has 102 valence electrons. The molecule has 0 bridgehead atoms. The Labute approximate surface area is 119 Å². The van der Waals surface area contributed by atoms with E-state index in [1.807, 2.05) is 18.2 Å². The second kappa shape index (κ2) is 5.00. The maximum atomic E-state index is 5.85. The summed E-state index contributed by atoms with van der Waals surface area (Å²) in [6.07, 6.45) is 1.95. The molecule has 2 N–H and O–H groups in total. The van der Waals surface area contributed by atoms with E-state index >= 15 is 0 Å². The van der Waals surface area contributed by atoms with Crippen LogP contribution in [0.1, 0.15) is 25.2 Å². The van der Waals surface area contributed by atoms with Crippen LogP contribution in [0.5, 0.6) is 0 Å². The van der Waals surface area contributed by atoms with Crippen molar-refractivity contribution < 1.29 is 0 Å². The van der Waals surface area contributed by atoms with E-state index in [4.69, 9.17) is 10.7 Å². The zero-order valence-corrected chi connectivity index (χ0v) is 11.9. The van der Waals surface area contributed by atoms with E-state index in [1.54, 1.807) is 0 Å². The van der Waals surface area contributed by atoms with Crippen molar-refractivity contribution in [3.8, 4) is 5.69 Å². The Bertz CT molecular complexity index is 739. The fourth-order valence-corrected chi connectivity index (χ4v) is 2.55. The zero-order valence-electron chi connectivity index (χ0n) is 11.9. The van der Waals surface area contributed by atoms with E-state index in [0.717, 1.165) is 41.1 Å². The van der Waals surface area contributed by atoms with Crippen LogP contribution in [0.3, 0.4) is 0 Å². The van der Waals surface area contributed by atoms with Crippen LogP contribution in [-0.2, 0) is 12.8 Å². The highest BCUT2D eigenvalue weighted by Gasteiger charge is 2.11. The number of benzene rings is 2. The van der Waals surface area contributed by atoms with E-state index in [2.05, 4.69) is 42.7 Å². The molecular formula is C17H19N3. The van der Waals surface area contributed by atoms with Crippen molar-refractivity contribution in [2.24, 2.45) is 0 Å². The van der Waals surface area contributed by atoms with Crippen molar-refractivity contribution in [2.45, 2.75) is 26.7 Å². The van der Waals surface area contributed by atoms with Crippen LogP contribution in [0, 0.1) is 0 Å². The lowest BCUT2D eigenvalue weighted by Crippen LogP contribution is -2.00. The molecule has 20 heavy (non-hydrogen) atoms. The lowest BCUT2D eigenvalue weighted by Gasteiger charge is -2.09. The topological polar surface area (TPSA) is 43.8 Å². The molecule has 0 aliphatic carbocycles. The van der Waals surface area contributed by atoms with Crippen LogP contribution in [0.15, 0.2) is 42.5 Å². The molecule has 0 saturated carbocycles. The lowest BCUT2D eigenvalue weighted by molar-refractivity contribution is 0.907. The number of aromatic nitrogens is 2. The van der Waals surface area contributed by atoms with Crippen molar-refractivity contribution in [1.82, 2.24) is 9.55 Å². The number of fused-ring (bicyclic) bond motifs is 1. The average molecular weight is 265 g/mol. The van der Waals surface area contributed by atoms with Crippen molar-refractivity contribution in [1.29, 1.82) is 0 Å². The van der Waals surface area contributed by atoms with Gasteiger partial charge in [-0.25, -0.2) is 4.98 Å². The highest BCUT2D eigenvalue weighted by atomic mass is 15.1. The smallest absolute Gasteiger partial charge is 0.114 e. The fraction of sp³-hybridized carbons (Fsp3) is 0.235. The number of anilines is 1. The number of aryl methyl sites for hydroxylation is 2. The van der Waals surface area contributed by atoms with Gasteiger partial charge >= 0.3 is 0 Å². The molecular weight excluding hydrogens is 246 g/mol. The van der Waals surface area contributed by atoms with Gasteiger partial charge in [0.2, 0.25) is 0 Å². The monoisotopic (exact) mass is 265 g/mol. The summed E-state index contributed by atoms with van der Waals surface area (Å²) >= 11 is 0. The number of imidazole rings is 1. The number of hydrogen-bond donors (Lipinski definition) is 1. The summed E-state index contributed by atoms with van der Waals surface area (Å²) in [6, 6.07) is 14.6. The van der Waals surface area contributed by atoms with Gasteiger partial charge in [0, 0.05) is 17.8 Å². The Morgan fingerprint density at radius 1 is 1.00 bits per heavy atom. The Kier molecular flexibility index (Phi) is 3.18. The molecule has 3 nitrogen and oxygen atoms in total. The Balaban J connectivity index is 2.22. The van der Waals surface area contributed by atoms with Gasteiger partial charge in [-0.3, -0.25) is 4.57 Å². The van der Waals surface area contributed by atoms with Gasteiger partial charge in [-0.15, -0.1) is 0 Å². The van der Waals surface area contributed by atoms with Crippen LogP contribution in [0.4, 0.5) is 5.69 Å². The van der Waals surface area contributed by atoms with Crippen molar-refractivity contribution in [3.05, 3.63) is 53.9 Å². The van der Waals surface area contributed by atoms with Gasteiger partial charge in [-0.2, -0.15) is 0 Å². The normalized spacial score (nSPS) is 11.1. The number of rotatable bonds is 3. The van der Waals surface area contributed by atoms with Crippen LogP contribution in [-0.4, -0.2) is 9.55 Å². The summed E-state index contributed by atoms with van der Waals surface area (Å²) in [4.78, 5) is 4.69. The molecule has 0 aliphatic heterocycles. The Morgan fingerprint density at radius 3 is 2.40 bits per heavy atom. The molecule has 0 spiro atoms. The third-order valence-corrected chi connectivity index (χ3v) is 3.67. The van der Waals surface area contributed by atoms with Gasteiger partial charge in [0.05, 0.1) is 11.0 Å². The molecule has 3 rings (SSSR count). The molecule has 2 aromatic carbocycles. The standard InChI is InChI=1S/C17H19N3/c1-3-12-5-8-14(9-6-12)20-16-10-7-13(18)11-15(16)19-17(20)4-2/h5-11H,3-4,18H2,1-2H3. The average Bonchev–Trinajstić information content (AvgIpc) is 2.84. The number of nitrogen functional groups attached to an aromatic ring is 1. The van der Waals surface area contributed by atoms with E-state index in [0.29, 0.717) is 0 Å². The van der Waals surface area contributed by atoms with Gasteiger partial charge in [-0.05, 0) is 42.3 Å². The van der Waals surface area contributed by atoms with E-state index in [-0.39, 0.29) is 0 Å². The molecule has 0 amide bonds. The van der Waals surface area contributed by atoms with E-state index in [1.165, 1.54) is 5.56 Å². The van der Waals surface area contributed by atoms with Crippen molar-refractivity contribution in [3.63, 3.8) is 0 Å². The second-order valence-electron chi connectivity index (χ2n) is 4.99. The minimum Gasteiger partial charge on any atom is -0.399 e. The van der Waals surface area contributed by atoms with Gasteiger partial charge in [0.25, 0.3) is 0 Å². The minimum absolute atomic E-state index is 0.756. The van der Waals surface area contributed by atoms with Gasteiger partial charge < -0.3 is 5.73 Å². The van der Waals surface area contributed by atoms with Crippen LogP contribution >= 0.6 is 0 Å². The Hall–Kier alpha value is -2.29. The summed E-state index contributed by atoms with van der Waals surface area (Å²) in [5.41, 5.74) is 11.2. The highest BCUT2D eigenvalue weighted by Crippen LogP contribution is 2.24. The number of nitrogens with zero attached hydrogens (tertiary/aromatic N) is 2. The lowest BCUT2D eigenvalue weighted by atomic mass is 10.1. The summed E-state index contributed by atoms with van der Waals surface area (Å²) in [7, 11) is 0. The Morgan fingerprint density at radius 2 is 1.75 bits per heavy atom. The molecule has 1 heterocycles. The van der Waals surface area contributed by atoms with Crippen LogP contribution in [0.2, 0.25) is 0 Å². The first-order valence-electron chi connectivity index (χ1n) is 7.09. The third kappa shape index (κ3) is 2.05. The molecule has 3 aromatic rings. The van der Waals surface area contributed by atoms with Crippen LogP contribution < -0.4 is 5.73 Å². The first-order valence-corrected chi connectivity index (χ1v) is 7.09. The molecule has 0 saturated heterocycles. The maximum Gasteiger partial charge on any atom is 0.114 e. The molecule has 0 radical (unpaired) electrons. The first-order chi connectivity index (χ1) is 9.72. The fourth-order valence-electron chi connectivity index (χ4n) is 2.55. The molecule has 0 atom stereocenters. The quantitative estimate of drug-likeness (QED) is 0.733. The second-order valence-corrected chi connectivity index (χ2v) is 4.99.